The molecule has 0 aliphatic carbocycles. The molecule has 4 aromatic rings. The summed E-state index contributed by atoms with van der Waals surface area (Å²) in [7, 11) is 1.49. The molecule has 0 fully saturated rings. The van der Waals surface area contributed by atoms with Crippen molar-refractivity contribution >= 4 is 23.6 Å². The van der Waals surface area contributed by atoms with Gasteiger partial charge in [-0.3, -0.25) is 29.4 Å². The molecule has 0 unspecified atom stereocenters. The lowest BCUT2D eigenvalue weighted by Crippen LogP contribution is -2.24. The van der Waals surface area contributed by atoms with E-state index in [9.17, 15) is 19.2 Å². The van der Waals surface area contributed by atoms with Crippen molar-refractivity contribution in [1.29, 1.82) is 0 Å². The Morgan fingerprint density at radius 1 is 0.500 bits per heavy atom. The van der Waals surface area contributed by atoms with E-state index in [1.807, 2.05) is 60.7 Å². The first kappa shape index (κ1) is 27.3. The van der Waals surface area contributed by atoms with Gasteiger partial charge in [0, 0.05) is 29.3 Å². The molecule has 0 aromatic heterocycles. The fourth-order valence-electron chi connectivity index (χ4n) is 4.02. The number of hydrogen-bond acceptors (Lipinski definition) is 4. The number of carbonyl (C=O) groups excluding carboxylic acids is 4. The normalized spacial score (nSPS) is 12.4. The highest BCUT2D eigenvalue weighted by Crippen LogP contribution is 2.22. The molecule has 0 spiro atoms. The van der Waals surface area contributed by atoms with E-state index in [2.05, 4.69) is 29.0 Å². The first-order chi connectivity index (χ1) is 18.9. The van der Waals surface area contributed by atoms with Crippen molar-refractivity contribution in [3.8, 4) is 23.7 Å². The van der Waals surface area contributed by atoms with Gasteiger partial charge < -0.3 is 0 Å². The third-order valence-electron chi connectivity index (χ3n) is 6.08. The minimum Gasteiger partial charge on any atom is -0.288 e. The summed E-state index contributed by atoms with van der Waals surface area (Å²) in [6, 6.07) is 29.3. The smallest absolute Gasteiger partial charge is 0.261 e. The van der Waals surface area contributed by atoms with Gasteiger partial charge in [0.25, 0.3) is 23.6 Å². The van der Waals surface area contributed by atoms with E-state index in [0.29, 0.717) is 27.8 Å². The second kappa shape index (κ2) is 11.8. The summed E-state index contributed by atoms with van der Waals surface area (Å²) < 4.78 is 0. The van der Waals surface area contributed by atoms with Crippen molar-refractivity contribution < 1.29 is 19.2 Å². The van der Waals surface area contributed by atoms with Crippen molar-refractivity contribution in [3.05, 3.63) is 142 Å². The number of rotatable bonds is 0. The van der Waals surface area contributed by atoms with Gasteiger partial charge in [-0.05, 0) is 60.7 Å². The van der Waals surface area contributed by atoms with Crippen molar-refractivity contribution in [2.24, 2.45) is 0 Å². The lowest BCUT2D eigenvalue weighted by molar-refractivity contribution is 0.0691. The highest BCUT2D eigenvalue weighted by atomic mass is 16.2. The fraction of sp³-hybridized carbons (Fsp3) is 0.0588. The highest BCUT2D eigenvalue weighted by Gasteiger charge is 2.32. The summed E-state index contributed by atoms with van der Waals surface area (Å²) >= 11 is 0. The fourth-order valence-corrected chi connectivity index (χ4v) is 4.02. The lowest BCUT2D eigenvalue weighted by atomic mass is 10.1. The second-order valence-corrected chi connectivity index (χ2v) is 8.71. The van der Waals surface area contributed by atoms with E-state index in [4.69, 9.17) is 0 Å². The molecule has 6 rings (SSSR count). The Hall–Kier alpha value is -5.72. The maximum absolute atomic E-state index is 11.9. The minimum absolute atomic E-state index is 0. The average molecular weight is 525 g/mol. The molecule has 2 heterocycles. The molecule has 2 aliphatic rings. The third kappa shape index (κ3) is 5.72. The first-order valence-electron chi connectivity index (χ1n) is 12.0. The number of nitrogens with one attached hydrogen (secondary N) is 1. The van der Waals surface area contributed by atoms with E-state index in [-0.39, 0.29) is 31.1 Å². The topological polar surface area (TPSA) is 83.6 Å². The van der Waals surface area contributed by atoms with E-state index < -0.39 is 0 Å². The van der Waals surface area contributed by atoms with Crippen molar-refractivity contribution in [3.63, 3.8) is 0 Å². The summed E-state index contributed by atoms with van der Waals surface area (Å²) in [5, 5.41) is 2.26. The molecule has 0 atom stereocenters. The van der Waals surface area contributed by atoms with Crippen molar-refractivity contribution in [1.82, 2.24) is 10.2 Å². The molecule has 0 saturated heterocycles. The Balaban J connectivity index is 0.000000181. The van der Waals surface area contributed by atoms with Crippen LogP contribution in [0, 0.1) is 23.7 Å². The zero-order valence-electron chi connectivity index (χ0n) is 20.8. The molecule has 0 bridgehead atoms. The molecular weight excluding hydrogens is 500 g/mol. The van der Waals surface area contributed by atoms with Crippen molar-refractivity contribution in [2.45, 2.75) is 7.43 Å². The summed E-state index contributed by atoms with van der Waals surface area (Å²) in [4.78, 5) is 47.7. The number of amides is 4. The molecule has 2 aliphatic heterocycles. The first-order valence-corrected chi connectivity index (χ1v) is 12.0. The standard InChI is InChI=1S/C17H11NO2.C16H9NO2.CH4/c1-18-16(19)14-10-9-13(11-15(14)17(18)20)8-7-12-5-3-2-4-6-12;18-15-13-9-8-12(10-14(13)16(19)17-15)7-6-11-4-2-1-3-5-11;/h2-6,9-11H,1H3;1-5,8-10H,(H,17,18,19);1H4. The van der Waals surface area contributed by atoms with Gasteiger partial charge in [0.1, 0.15) is 0 Å². The van der Waals surface area contributed by atoms with Crippen LogP contribution in [-0.2, 0) is 0 Å². The van der Waals surface area contributed by atoms with E-state index in [1.165, 1.54) is 7.05 Å². The van der Waals surface area contributed by atoms with Gasteiger partial charge in [-0.25, -0.2) is 0 Å². The Kier molecular flexibility index (Phi) is 8.04. The predicted octanol–water partition coefficient (Wildman–Crippen LogP) is 4.92. The zero-order valence-corrected chi connectivity index (χ0v) is 20.8. The lowest BCUT2D eigenvalue weighted by Gasteiger charge is -2.02. The van der Waals surface area contributed by atoms with Gasteiger partial charge in [-0.2, -0.15) is 0 Å². The van der Waals surface area contributed by atoms with Gasteiger partial charge in [0.15, 0.2) is 0 Å². The molecule has 6 heteroatoms. The van der Waals surface area contributed by atoms with Gasteiger partial charge in [-0.1, -0.05) is 67.5 Å². The monoisotopic (exact) mass is 524 g/mol. The molecule has 40 heavy (non-hydrogen) atoms. The van der Waals surface area contributed by atoms with Crippen molar-refractivity contribution in [2.75, 3.05) is 7.05 Å². The molecule has 4 amide bonds. The summed E-state index contributed by atoms with van der Waals surface area (Å²) in [5.41, 5.74) is 4.94. The Labute approximate surface area is 232 Å². The third-order valence-corrected chi connectivity index (χ3v) is 6.08. The van der Waals surface area contributed by atoms with Gasteiger partial charge in [-0.15, -0.1) is 0 Å². The van der Waals surface area contributed by atoms with Crippen LogP contribution in [0.25, 0.3) is 0 Å². The minimum atomic E-state index is -0.358. The molecular formula is C34H24N2O4. The van der Waals surface area contributed by atoms with Crippen LogP contribution < -0.4 is 5.32 Å². The van der Waals surface area contributed by atoms with E-state index in [1.54, 1.807) is 36.4 Å². The Morgan fingerprint density at radius 2 is 0.925 bits per heavy atom. The second-order valence-electron chi connectivity index (χ2n) is 8.71. The Bertz CT molecular complexity index is 1770. The van der Waals surface area contributed by atoms with Crippen LogP contribution in [0.5, 0.6) is 0 Å². The van der Waals surface area contributed by atoms with Gasteiger partial charge >= 0.3 is 0 Å². The molecule has 194 valence electrons. The van der Waals surface area contributed by atoms with Crippen LogP contribution in [0.3, 0.4) is 0 Å². The van der Waals surface area contributed by atoms with Crippen LogP contribution in [-0.4, -0.2) is 35.6 Å². The predicted molar refractivity (Wildman–Crippen MR) is 153 cm³/mol. The summed E-state index contributed by atoms with van der Waals surface area (Å²) in [6.45, 7) is 0. The maximum Gasteiger partial charge on any atom is 0.261 e. The molecule has 0 saturated carbocycles. The molecule has 1 N–H and O–H groups in total. The number of nitrogens with zero attached hydrogens (tertiary/aromatic N) is 1. The largest absolute Gasteiger partial charge is 0.288 e. The van der Waals surface area contributed by atoms with Crippen LogP contribution in [0.2, 0.25) is 0 Å². The zero-order chi connectivity index (χ0) is 27.4. The Morgan fingerprint density at radius 3 is 1.48 bits per heavy atom. The van der Waals surface area contributed by atoms with Gasteiger partial charge in [0.2, 0.25) is 0 Å². The number of hydrogen-bond donors (Lipinski definition) is 1. The van der Waals surface area contributed by atoms with Crippen LogP contribution in [0.4, 0.5) is 0 Å². The van der Waals surface area contributed by atoms with E-state index in [0.717, 1.165) is 21.6 Å². The summed E-state index contributed by atoms with van der Waals surface area (Å²) in [6.07, 6.45) is 0. The molecule has 0 radical (unpaired) electrons. The van der Waals surface area contributed by atoms with Gasteiger partial charge in [0.05, 0.1) is 22.3 Å². The quantitative estimate of drug-likeness (QED) is 0.262. The SMILES string of the molecule is C.CN1C(=O)c2ccc(C#Cc3ccccc3)cc2C1=O.O=C1NC(=O)c2cc(C#Cc3ccccc3)ccc21. The number of fused-ring (bicyclic) bond motifs is 2. The molecule has 4 aromatic carbocycles. The summed E-state index contributed by atoms with van der Waals surface area (Å²) in [5.74, 6) is 10.8. The average Bonchev–Trinajstić information content (AvgIpc) is 3.38. The van der Waals surface area contributed by atoms with E-state index >= 15 is 0 Å². The number of benzene rings is 4. The maximum atomic E-state index is 11.9. The molecule has 6 nitrogen and oxygen atoms in total. The number of imide groups is 2. The van der Waals surface area contributed by atoms with Crippen LogP contribution in [0.15, 0.2) is 97.1 Å². The number of carbonyl (C=O) groups is 4. The van der Waals surface area contributed by atoms with Crippen LogP contribution in [0.1, 0.15) is 71.1 Å². The highest BCUT2D eigenvalue weighted by molar-refractivity contribution is 6.22. The van der Waals surface area contributed by atoms with Crippen LogP contribution >= 0.6 is 0 Å².